The van der Waals surface area contributed by atoms with Crippen LogP contribution in [0.2, 0.25) is 5.02 Å². The molecule has 1 saturated heterocycles. The molecule has 0 radical (unpaired) electrons. The highest BCUT2D eigenvalue weighted by molar-refractivity contribution is 7.99. The average Bonchev–Trinajstić information content (AvgIpc) is 2.42. The van der Waals surface area contributed by atoms with Crippen LogP contribution >= 0.6 is 23.4 Å². The van der Waals surface area contributed by atoms with Gasteiger partial charge in [-0.1, -0.05) is 23.7 Å². The first-order valence-electron chi connectivity index (χ1n) is 6.42. The predicted molar refractivity (Wildman–Crippen MR) is 81.7 cm³/mol. The molecule has 0 unspecified atom stereocenters. The number of nitrogens with zero attached hydrogens (tertiary/aromatic N) is 2. The first-order valence-corrected chi connectivity index (χ1v) is 8.20. The van der Waals surface area contributed by atoms with Crippen LogP contribution < -0.4 is 0 Å². The fourth-order valence-electron chi connectivity index (χ4n) is 2.22. The zero-order valence-corrected chi connectivity index (χ0v) is 12.7. The lowest BCUT2D eigenvalue weighted by Gasteiger charge is -2.34. The van der Waals surface area contributed by atoms with Crippen molar-refractivity contribution in [3.05, 3.63) is 34.9 Å². The van der Waals surface area contributed by atoms with Gasteiger partial charge in [0.25, 0.3) is 0 Å². The van der Waals surface area contributed by atoms with Crippen molar-refractivity contribution in [2.45, 2.75) is 6.54 Å². The molecule has 1 fully saturated rings. The summed E-state index contributed by atoms with van der Waals surface area (Å²) in [7, 11) is 0. The molecule has 0 atom stereocenters. The van der Waals surface area contributed by atoms with Crippen LogP contribution in [0.15, 0.2) is 24.3 Å². The monoisotopic (exact) mass is 298 g/mol. The summed E-state index contributed by atoms with van der Waals surface area (Å²) in [6.45, 7) is 4.51. The van der Waals surface area contributed by atoms with Gasteiger partial charge in [-0.3, -0.25) is 9.69 Å². The van der Waals surface area contributed by atoms with Gasteiger partial charge in [-0.05, 0) is 24.0 Å². The van der Waals surface area contributed by atoms with Crippen LogP contribution in [0.4, 0.5) is 0 Å². The molecule has 1 aliphatic heterocycles. The van der Waals surface area contributed by atoms with Crippen molar-refractivity contribution in [3.63, 3.8) is 0 Å². The molecule has 1 heterocycles. The van der Waals surface area contributed by atoms with E-state index in [4.69, 9.17) is 11.6 Å². The maximum absolute atomic E-state index is 11.8. The predicted octanol–water partition coefficient (Wildman–Crippen LogP) is 2.35. The van der Waals surface area contributed by atoms with Crippen LogP contribution in [0.5, 0.6) is 0 Å². The number of rotatable bonds is 4. The SMILES string of the molecule is CSCC(=O)N1CCN(Cc2ccc(Cl)cc2)CC1. The number of benzene rings is 1. The summed E-state index contributed by atoms with van der Waals surface area (Å²) in [6.07, 6.45) is 1.97. The standard InChI is InChI=1S/C14H19ClN2OS/c1-19-11-14(18)17-8-6-16(7-9-17)10-12-2-4-13(15)5-3-12/h2-5H,6-11H2,1H3. The quantitative estimate of drug-likeness (QED) is 0.852. The van der Waals surface area contributed by atoms with Gasteiger partial charge in [-0.25, -0.2) is 0 Å². The van der Waals surface area contributed by atoms with Crippen LogP contribution in [0.25, 0.3) is 0 Å². The lowest BCUT2D eigenvalue weighted by molar-refractivity contribution is -0.130. The topological polar surface area (TPSA) is 23.6 Å². The van der Waals surface area contributed by atoms with Gasteiger partial charge in [0.1, 0.15) is 0 Å². The molecule has 5 heteroatoms. The molecule has 0 aromatic heterocycles. The van der Waals surface area contributed by atoms with Crippen LogP contribution in [-0.4, -0.2) is 53.9 Å². The fraction of sp³-hybridized carbons (Fsp3) is 0.500. The fourth-order valence-corrected chi connectivity index (χ4v) is 2.77. The van der Waals surface area contributed by atoms with E-state index in [0.717, 1.165) is 37.7 Å². The van der Waals surface area contributed by atoms with Crippen molar-refractivity contribution in [3.8, 4) is 0 Å². The molecule has 3 nitrogen and oxygen atoms in total. The van der Waals surface area contributed by atoms with E-state index in [-0.39, 0.29) is 5.91 Å². The van der Waals surface area contributed by atoms with Crippen molar-refractivity contribution >= 4 is 29.3 Å². The zero-order valence-electron chi connectivity index (χ0n) is 11.1. The smallest absolute Gasteiger partial charge is 0.232 e. The summed E-state index contributed by atoms with van der Waals surface area (Å²) in [4.78, 5) is 16.1. The molecule has 2 rings (SSSR count). The van der Waals surface area contributed by atoms with Crippen LogP contribution in [0, 0.1) is 0 Å². The molecule has 1 amide bonds. The summed E-state index contributed by atoms with van der Waals surface area (Å²) in [5.41, 5.74) is 1.27. The first kappa shape index (κ1) is 14.7. The lowest BCUT2D eigenvalue weighted by atomic mass is 10.2. The average molecular weight is 299 g/mol. The summed E-state index contributed by atoms with van der Waals surface area (Å²) in [5, 5.41) is 0.774. The van der Waals surface area contributed by atoms with E-state index in [9.17, 15) is 4.79 Å². The lowest BCUT2D eigenvalue weighted by Crippen LogP contribution is -2.48. The van der Waals surface area contributed by atoms with Crippen LogP contribution in [-0.2, 0) is 11.3 Å². The van der Waals surface area contributed by atoms with Gasteiger partial charge in [0.15, 0.2) is 0 Å². The van der Waals surface area contributed by atoms with Gasteiger partial charge in [-0.15, -0.1) is 0 Å². The number of hydrogen-bond donors (Lipinski definition) is 0. The third-order valence-corrected chi connectivity index (χ3v) is 4.10. The van der Waals surface area contributed by atoms with E-state index in [1.807, 2.05) is 23.3 Å². The minimum Gasteiger partial charge on any atom is -0.339 e. The second-order valence-electron chi connectivity index (χ2n) is 4.72. The Hall–Kier alpha value is -0.710. The molecule has 19 heavy (non-hydrogen) atoms. The number of hydrogen-bond acceptors (Lipinski definition) is 3. The number of carbonyl (C=O) groups excluding carboxylic acids is 1. The van der Waals surface area contributed by atoms with E-state index >= 15 is 0 Å². The molecule has 1 aromatic rings. The second-order valence-corrected chi connectivity index (χ2v) is 6.02. The largest absolute Gasteiger partial charge is 0.339 e. The van der Waals surface area contributed by atoms with Gasteiger partial charge in [0, 0.05) is 37.7 Å². The molecular formula is C14H19ClN2OS. The maximum atomic E-state index is 11.8. The van der Waals surface area contributed by atoms with Gasteiger partial charge >= 0.3 is 0 Å². The molecule has 0 aliphatic carbocycles. The van der Waals surface area contributed by atoms with Gasteiger partial charge in [-0.2, -0.15) is 11.8 Å². The number of amides is 1. The Balaban J connectivity index is 1.80. The van der Waals surface area contributed by atoms with Gasteiger partial charge in [0.2, 0.25) is 5.91 Å². The Morgan fingerprint density at radius 3 is 2.42 bits per heavy atom. The van der Waals surface area contributed by atoms with Crippen molar-refractivity contribution in [1.29, 1.82) is 0 Å². The van der Waals surface area contributed by atoms with Crippen molar-refractivity contribution in [2.75, 3.05) is 38.2 Å². The minimum atomic E-state index is 0.263. The number of carbonyl (C=O) groups is 1. The molecule has 0 N–H and O–H groups in total. The van der Waals surface area contributed by atoms with Crippen molar-refractivity contribution < 1.29 is 4.79 Å². The van der Waals surface area contributed by atoms with E-state index in [1.165, 1.54) is 5.56 Å². The highest BCUT2D eigenvalue weighted by Gasteiger charge is 2.20. The Kier molecular flexibility index (Phi) is 5.55. The first-order chi connectivity index (χ1) is 9.19. The van der Waals surface area contributed by atoms with E-state index in [0.29, 0.717) is 5.75 Å². The van der Waals surface area contributed by atoms with Crippen LogP contribution in [0.3, 0.4) is 0 Å². The number of piperazine rings is 1. The molecule has 1 aromatic carbocycles. The summed E-state index contributed by atoms with van der Waals surface area (Å²) < 4.78 is 0. The molecule has 0 bridgehead atoms. The third-order valence-electron chi connectivity index (χ3n) is 3.31. The Labute approximate surface area is 123 Å². The number of thioether (sulfide) groups is 1. The molecule has 0 spiro atoms. The maximum Gasteiger partial charge on any atom is 0.232 e. The zero-order chi connectivity index (χ0) is 13.7. The van der Waals surface area contributed by atoms with Crippen molar-refractivity contribution in [2.24, 2.45) is 0 Å². The molecule has 104 valence electrons. The minimum absolute atomic E-state index is 0.263. The Morgan fingerprint density at radius 1 is 1.21 bits per heavy atom. The number of halogens is 1. The summed E-state index contributed by atoms with van der Waals surface area (Å²) in [5.74, 6) is 0.857. The van der Waals surface area contributed by atoms with E-state index in [2.05, 4.69) is 17.0 Å². The third kappa shape index (κ3) is 4.41. The van der Waals surface area contributed by atoms with Crippen LogP contribution in [0.1, 0.15) is 5.56 Å². The molecular weight excluding hydrogens is 280 g/mol. The summed E-state index contributed by atoms with van der Waals surface area (Å²) >= 11 is 7.47. The highest BCUT2D eigenvalue weighted by atomic mass is 35.5. The highest BCUT2D eigenvalue weighted by Crippen LogP contribution is 2.13. The molecule has 0 saturated carbocycles. The Morgan fingerprint density at radius 2 is 1.84 bits per heavy atom. The van der Waals surface area contributed by atoms with Gasteiger partial charge in [0.05, 0.1) is 5.75 Å². The normalized spacial score (nSPS) is 16.6. The van der Waals surface area contributed by atoms with E-state index in [1.54, 1.807) is 11.8 Å². The second kappa shape index (κ2) is 7.17. The molecule has 1 aliphatic rings. The van der Waals surface area contributed by atoms with Gasteiger partial charge < -0.3 is 4.90 Å². The van der Waals surface area contributed by atoms with E-state index < -0.39 is 0 Å². The van der Waals surface area contributed by atoms with Crippen molar-refractivity contribution in [1.82, 2.24) is 9.80 Å². The Bertz CT molecular complexity index is 416. The summed E-state index contributed by atoms with van der Waals surface area (Å²) in [6, 6.07) is 7.98.